The van der Waals surface area contributed by atoms with Gasteiger partial charge in [-0.15, -0.1) is 12.4 Å². The average molecular weight is 423 g/mol. The van der Waals surface area contributed by atoms with Crippen LogP contribution in [0.2, 0.25) is 5.02 Å². The van der Waals surface area contributed by atoms with E-state index in [0.29, 0.717) is 13.0 Å². The number of likely N-dealkylation sites (tertiary alicyclic amines) is 1. The second-order valence-corrected chi connectivity index (χ2v) is 7.37. The van der Waals surface area contributed by atoms with Gasteiger partial charge in [0.05, 0.1) is 19.6 Å². The number of nitrogens with one attached hydrogen (secondary N) is 1. The summed E-state index contributed by atoms with van der Waals surface area (Å²) in [5, 5.41) is 3.87. The Balaban J connectivity index is 0.00000280. The molecule has 1 heterocycles. The summed E-state index contributed by atoms with van der Waals surface area (Å²) in [6.45, 7) is 2.66. The van der Waals surface area contributed by atoms with Crippen LogP contribution in [0.5, 0.6) is 5.75 Å². The van der Waals surface area contributed by atoms with Crippen molar-refractivity contribution in [2.24, 2.45) is 0 Å². The molecule has 3 rings (SSSR count). The third kappa shape index (κ3) is 6.13. The zero-order valence-corrected chi connectivity index (χ0v) is 17.8. The number of hydrogen-bond donors (Lipinski definition) is 1. The minimum absolute atomic E-state index is 0. The van der Waals surface area contributed by atoms with Gasteiger partial charge in [-0.1, -0.05) is 48.4 Å². The van der Waals surface area contributed by atoms with E-state index in [0.717, 1.165) is 35.0 Å². The van der Waals surface area contributed by atoms with Gasteiger partial charge in [-0.25, -0.2) is 0 Å². The van der Waals surface area contributed by atoms with Crippen molar-refractivity contribution in [2.75, 3.05) is 26.7 Å². The number of carbonyl (C=O) groups excluding carboxylic acids is 1. The van der Waals surface area contributed by atoms with Gasteiger partial charge in [-0.3, -0.25) is 9.69 Å². The van der Waals surface area contributed by atoms with Crippen LogP contribution in [0.15, 0.2) is 48.5 Å². The van der Waals surface area contributed by atoms with Crippen molar-refractivity contribution >= 4 is 29.9 Å². The summed E-state index contributed by atoms with van der Waals surface area (Å²) in [4.78, 5) is 14.9. The van der Waals surface area contributed by atoms with Crippen molar-refractivity contribution in [3.8, 4) is 5.75 Å². The van der Waals surface area contributed by atoms with Gasteiger partial charge in [0, 0.05) is 11.6 Å². The first-order chi connectivity index (χ1) is 13.2. The highest BCUT2D eigenvalue weighted by molar-refractivity contribution is 6.31. The molecule has 1 aliphatic heterocycles. The zero-order chi connectivity index (χ0) is 19.1. The van der Waals surface area contributed by atoms with Crippen LogP contribution >= 0.6 is 24.0 Å². The maximum absolute atomic E-state index is 12.5. The molecule has 6 heteroatoms. The van der Waals surface area contributed by atoms with Crippen molar-refractivity contribution in [1.82, 2.24) is 10.2 Å². The number of halogens is 2. The van der Waals surface area contributed by atoms with Crippen molar-refractivity contribution in [1.29, 1.82) is 0 Å². The van der Waals surface area contributed by atoms with Crippen molar-refractivity contribution < 1.29 is 9.53 Å². The van der Waals surface area contributed by atoms with Crippen LogP contribution in [-0.4, -0.2) is 37.6 Å². The Kier molecular flexibility index (Phi) is 9.10. The summed E-state index contributed by atoms with van der Waals surface area (Å²) in [7, 11) is 1.64. The number of carbonyl (C=O) groups is 1. The largest absolute Gasteiger partial charge is 0.497 e. The molecule has 1 fully saturated rings. The number of amides is 1. The number of hydrogen-bond acceptors (Lipinski definition) is 3. The molecule has 1 amide bonds. The average Bonchev–Trinajstić information content (AvgIpc) is 2.71. The Morgan fingerprint density at radius 1 is 1.11 bits per heavy atom. The molecule has 1 unspecified atom stereocenters. The molecule has 0 saturated carbocycles. The van der Waals surface area contributed by atoms with Crippen LogP contribution in [0.1, 0.15) is 36.4 Å². The number of ether oxygens (including phenoxy) is 1. The summed E-state index contributed by atoms with van der Waals surface area (Å²) in [5.41, 5.74) is 2.06. The van der Waals surface area contributed by atoms with Crippen LogP contribution < -0.4 is 10.1 Å². The molecule has 152 valence electrons. The predicted molar refractivity (Wildman–Crippen MR) is 117 cm³/mol. The molecule has 2 aromatic rings. The minimum atomic E-state index is 0. The number of rotatable bonds is 7. The van der Waals surface area contributed by atoms with Gasteiger partial charge in [-0.2, -0.15) is 0 Å². The highest BCUT2D eigenvalue weighted by Gasteiger charge is 2.24. The second kappa shape index (κ2) is 11.3. The molecular weight excluding hydrogens is 395 g/mol. The first-order valence-corrected chi connectivity index (χ1v) is 9.93. The fraction of sp³-hybridized carbons (Fsp3) is 0.409. The van der Waals surface area contributed by atoms with E-state index >= 15 is 0 Å². The van der Waals surface area contributed by atoms with Crippen molar-refractivity contribution in [3.63, 3.8) is 0 Å². The van der Waals surface area contributed by atoms with E-state index in [1.54, 1.807) is 7.11 Å². The van der Waals surface area contributed by atoms with E-state index in [1.807, 2.05) is 42.5 Å². The first kappa shape index (κ1) is 22.5. The van der Waals surface area contributed by atoms with E-state index in [4.69, 9.17) is 16.3 Å². The van der Waals surface area contributed by atoms with Crippen LogP contribution in [-0.2, 0) is 11.2 Å². The molecule has 0 aromatic heterocycles. The summed E-state index contributed by atoms with van der Waals surface area (Å²) in [6, 6.07) is 15.7. The fourth-order valence-electron chi connectivity index (χ4n) is 3.61. The second-order valence-electron chi connectivity index (χ2n) is 6.96. The summed E-state index contributed by atoms with van der Waals surface area (Å²) in [6.07, 6.45) is 4.02. The third-order valence-corrected chi connectivity index (χ3v) is 5.46. The first-order valence-electron chi connectivity index (χ1n) is 9.55. The van der Waals surface area contributed by atoms with E-state index in [9.17, 15) is 4.79 Å². The lowest BCUT2D eigenvalue weighted by atomic mass is 10.0. The maximum atomic E-state index is 12.5. The Morgan fingerprint density at radius 2 is 1.79 bits per heavy atom. The Hall–Kier alpha value is -1.75. The van der Waals surface area contributed by atoms with Gasteiger partial charge >= 0.3 is 0 Å². The molecule has 0 spiro atoms. The third-order valence-electron chi connectivity index (χ3n) is 5.11. The Labute approximate surface area is 178 Å². The summed E-state index contributed by atoms with van der Waals surface area (Å²) >= 11 is 6.46. The highest BCUT2D eigenvalue weighted by Crippen LogP contribution is 2.29. The lowest BCUT2D eigenvalue weighted by molar-refractivity contribution is -0.120. The molecule has 1 saturated heterocycles. The van der Waals surface area contributed by atoms with Gasteiger partial charge in [-0.05, 0) is 55.3 Å². The fourth-order valence-corrected chi connectivity index (χ4v) is 3.87. The number of methoxy groups -OCH3 is 1. The molecule has 1 atom stereocenters. The van der Waals surface area contributed by atoms with E-state index in [1.165, 1.54) is 19.3 Å². The van der Waals surface area contributed by atoms with Crippen LogP contribution in [0.3, 0.4) is 0 Å². The van der Waals surface area contributed by atoms with Crippen LogP contribution in [0, 0.1) is 0 Å². The van der Waals surface area contributed by atoms with Gasteiger partial charge in [0.15, 0.2) is 0 Å². The van der Waals surface area contributed by atoms with E-state index < -0.39 is 0 Å². The molecule has 0 radical (unpaired) electrons. The Morgan fingerprint density at radius 3 is 2.43 bits per heavy atom. The standard InChI is InChI=1S/C22H27ClN2O2.ClH/c1-27-18-11-9-17(10-12-18)15-22(26)24-16-21(25-13-5-2-6-14-25)19-7-3-4-8-20(19)23;/h3-4,7-12,21H,2,5-6,13-16H2,1H3,(H,24,26);1H. The monoisotopic (exact) mass is 422 g/mol. The molecule has 4 nitrogen and oxygen atoms in total. The quantitative estimate of drug-likeness (QED) is 0.705. The molecule has 0 aliphatic carbocycles. The zero-order valence-electron chi connectivity index (χ0n) is 16.2. The van der Waals surface area contributed by atoms with E-state index in [2.05, 4.69) is 16.3 Å². The lowest BCUT2D eigenvalue weighted by Crippen LogP contribution is -2.41. The predicted octanol–water partition coefficient (Wildman–Crippen LogP) is 4.66. The van der Waals surface area contributed by atoms with Gasteiger partial charge in [0.1, 0.15) is 5.75 Å². The maximum Gasteiger partial charge on any atom is 0.224 e. The molecule has 0 bridgehead atoms. The lowest BCUT2D eigenvalue weighted by Gasteiger charge is -2.35. The smallest absolute Gasteiger partial charge is 0.224 e. The normalized spacial score (nSPS) is 15.4. The number of nitrogens with zero attached hydrogens (tertiary/aromatic N) is 1. The molecule has 1 aliphatic rings. The number of benzene rings is 2. The Bertz CT molecular complexity index is 746. The van der Waals surface area contributed by atoms with Crippen LogP contribution in [0.4, 0.5) is 0 Å². The number of piperidine rings is 1. The van der Waals surface area contributed by atoms with Gasteiger partial charge in [0.25, 0.3) is 0 Å². The van der Waals surface area contributed by atoms with E-state index in [-0.39, 0.29) is 24.4 Å². The minimum Gasteiger partial charge on any atom is -0.497 e. The van der Waals surface area contributed by atoms with Crippen molar-refractivity contribution in [2.45, 2.75) is 31.7 Å². The molecule has 28 heavy (non-hydrogen) atoms. The van der Waals surface area contributed by atoms with Crippen molar-refractivity contribution in [3.05, 3.63) is 64.7 Å². The SMILES string of the molecule is COc1ccc(CC(=O)NCC(c2ccccc2Cl)N2CCCCC2)cc1.Cl. The molecule has 2 aromatic carbocycles. The summed E-state index contributed by atoms with van der Waals surface area (Å²) in [5.74, 6) is 0.817. The van der Waals surface area contributed by atoms with Crippen LogP contribution in [0.25, 0.3) is 0 Å². The molecular formula is C22H28Cl2N2O2. The molecule has 1 N–H and O–H groups in total. The highest BCUT2D eigenvalue weighted by atomic mass is 35.5. The van der Waals surface area contributed by atoms with Gasteiger partial charge in [0.2, 0.25) is 5.91 Å². The summed E-state index contributed by atoms with van der Waals surface area (Å²) < 4.78 is 5.16. The topological polar surface area (TPSA) is 41.6 Å². The van der Waals surface area contributed by atoms with Gasteiger partial charge < -0.3 is 10.1 Å².